The highest BCUT2D eigenvalue weighted by Gasteiger charge is 2.24. The Labute approximate surface area is 133 Å². The fourth-order valence-corrected chi connectivity index (χ4v) is 2.30. The van der Waals surface area contributed by atoms with Gasteiger partial charge >= 0.3 is 12.1 Å². The van der Waals surface area contributed by atoms with Crippen molar-refractivity contribution in [1.29, 1.82) is 0 Å². The SMILES string of the molecule is COC(=O)NC(=O)[C@@H](C)OC(=O)[C@@H](C)Sc1ccc(C)cc1. The highest BCUT2D eigenvalue weighted by atomic mass is 32.2. The molecule has 2 amide bonds. The van der Waals surface area contributed by atoms with Crippen LogP contribution < -0.4 is 5.32 Å². The summed E-state index contributed by atoms with van der Waals surface area (Å²) in [6.07, 6.45) is -1.97. The summed E-state index contributed by atoms with van der Waals surface area (Å²) in [6, 6.07) is 7.73. The van der Waals surface area contributed by atoms with Crippen LogP contribution in [0, 0.1) is 6.92 Å². The second-order valence-corrected chi connectivity index (χ2v) is 6.05. The molecular weight excluding hydrogens is 306 g/mol. The predicted octanol–water partition coefficient (Wildman–Crippen LogP) is 2.29. The van der Waals surface area contributed by atoms with Crippen molar-refractivity contribution < 1.29 is 23.9 Å². The molecular formula is C15H19NO5S. The highest BCUT2D eigenvalue weighted by molar-refractivity contribution is 8.00. The number of thioether (sulfide) groups is 1. The third kappa shape index (κ3) is 5.77. The van der Waals surface area contributed by atoms with Crippen molar-refractivity contribution in [3.05, 3.63) is 29.8 Å². The van der Waals surface area contributed by atoms with Crippen LogP contribution in [0.5, 0.6) is 0 Å². The molecule has 22 heavy (non-hydrogen) atoms. The molecule has 0 aliphatic carbocycles. The normalized spacial score (nSPS) is 12.9. The molecule has 0 aliphatic rings. The molecule has 0 spiro atoms. The monoisotopic (exact) mass is 325 g/mol. The zero-order valence-corrected chi connectivity index (χ0v) is 13.7. The third-order valence-electron chi connectivity index (χ3n) is 2.74. The van der Waals surface area contributed by atoms with Gasteiger partial charge in [-0.15, -0.1) is 11.8 Å². The first kappa shape index (κ1) is 18.0. The minimum absolute atomic E-state index is 0.476. The van der Waals surface area contributed by atoms with Gasteiger partial charge in [0.1, 0.15) is 5.25 Å². The van der Waals surface area contributed by atoms with Crippen molar-refractivity contribution in [2.24, 2.45) is 0 Å². The van der Waals surface area contributed by atoms with E-state index in [-0.39, 0.29) is 0 Å². The third-order valence-corrected chi connectivity index (χ3v) is 3.83. The molecule has 1 aromatic carbocycles. The molecule has 0 unspecified atom stereocenters. The van der Waals surface area contributed by atoms with Crippen LogP contribution >= 0.6 is 11.8 Å². The largest absolute Gasteiger partial charge is 0.453 e. The molecule has 6 nitrogen and oxygen atoms in total. The van der Waals surface area contributed by atoms with Crippen LogP contribution in [0.3, 0.4) is 0 Å². The Kier molecular flexibility index (Phi) is 6.91. The van der Waals surface area contributed by atoms with Crippen LogP contribution in [0.1, 0.15) is 19.4 Å². The number of ether oxygens (including phenoxy) is 2. The first-order valence-electron chi connectivity index (χ1n) is 6.66. The molecule has 0 aromatic heterocycles. The van der Waals surface area contributed by atoms with Crippen LogP contribution in [0.2, 0.25) is 0 Å². The van der Waals surface area contributed by atoms with Gasteiger partial charge in [-0.05, 0) is 32.9 Å². The average Bonchev–Trinajstić information content (AvgIpc) is 2.49. The molecule has 0 heterocycles. The summed E-state index contributed by atoms with van der Waals surface area (Å²) >= 11 is 1.33. The Morgan fingerprint density at radius 2 is 1.73 bits per heavy atom. The number of alkyl carbamates (subject to hydrolysis) is 1. The molecule has 1 aromatic rings. The smallest absolute Gasteiger partial charge is 0.413 e. The van der Waals surface area contributed by atoms with E-state index in [0.29, 0.717) is 0 Å². The van der Waals surface area contributed by atoms with E-state index >= 15 is 0 Å². The van der Waals surface area contributed by atoms with E-state index < -0.39 is 29.3 Å². The van der Waals surface area contributed by atoms with Crippen molar-refractivity contribution >= 4 is 29.7 Å². The summed E-state index contributed by atoms with van der Waals surface area (Å²) < 4.78 is 9.33. The van der Waals surface area contributed by atoms with Crippen molar-refractivity contribution in [1.82, 2.24) is 5.32 Å². The maximum Gasteiger partial charge on any atom is 0.413 e. The molecule has 120 valence electrons. The minimum Gasteiger partial charge on any atom is -0.453 e. The zero-order valence-electron chi connectivity index (χ0n) is 12.9. The van der Waals surface area contributed by atoms with E-state index in [1.54, 1.807) is 6.92 Å². The fraction of sp³-hybridized carbons (Fsp3) is 0.400. The maximum atomic E-state index is 11.9. The van der Waals surface area contributed by atoms with Crippen LogP contribution in [0.15, 0.2) is 29.2 Å². The Hall–Kier alpha value is -2.02. The van der Waals surface area contributed by atoms with Crippen molar-refractivity contribution in [2.45, 2.75) is 37.0 Å². The van der Waals surface area contributed by atoms with Gasteiger partial charge in [-0.1, -0.05) is 17.7 Å². The summed E-state index contributed by atoms with van der Waals surface area (Å²) in [5, 5.41) is 1.47. The molecule has 0 bridgehead atoms. The Morgan fingerprint density at radius 1 is 1.14 bits per heavy atom. The second-order valence-electron chi connectivity index (χ2n) is 4.63. The number of carbonyl (C=O) groups is 3. The molecule has 1 rings (SSSR count). The first-order valence-corrected chi connectivity index (χ1v) is 7.54. The van der Waals surface area contributed by atoms with Gasteiger partial charge in [0.2, 0.25) is 0 Å². The summed E-state index contributed by atoms with van der Waals surface area (Å²) in [7, 11) is 1.14. The number of rotatable bonds is 5. The Bertz CT molecular complexity index is 543. The number of aryl methyl sites for hydroxylation is 1. The maximum absolute atomic E-state index is 11.9. The lowest BCUT2D eigenvalue weighted by molar-refractivity contribution is -0.153. The van der Waals surface area contributed by atoms with E-state index in [1.165, 1.54) is 18.7 Å². The summed E-state index contributed by atoms with van der Waals surface area (Å²) in [6.45, 7) is 5.06. The highest BCUT2D eigenvalue weighted by Crippen LogP contribution is 2.24. The molecule has 7 heteroatoms. The van der Waals surface area contributed by atoms with Gasteiger partial charge in [0.15, 0.2) is 6.10 Å². The standard InChI is InChI=1S/C15H19NO5S/c1-9-5-7-12(8-6-9)22-11(3)14(18)21-10(2)13(17)16-15(19)20-4/h5-8,10-11H,1-4H3,(H,16,17,19)/t10-,11-/m1/s1. The van der Waals surface area contributed by atoms with Gasteiger partial charge in [0.05, 0.1) is 7.11 Å². The summed E-state index contributed by atoms with van der Waals surface area (Å²) in [5.74, 6) is -1.26. The van der Waals surface area contributed by atoms with Crippen LogP contribution in [-0.2, 0) is 19.1 Å². The minimum atomic E-state index is -1.08. The predicted molar refractivity (Wildman–Crippen MR) is 82.6 cm³/mol. The molecule has 0 fully saturated rings. The van der Waals surface area contributed by atoms with Gasteiger partial charge < -0.3 is 9.47 Å². The molecule has 0 radical (unpaired) electrons. The number of nitrogens with one attached hydrogen (secondary N) is 1. The summed E-state index contributed by atoms with van der Waals surface area (Å²) in [4.78, 5) is 35.4. The fourth-order valence-electron chi connectivity index (χ4n) is 1.45. The second kappa shape index (κ2) is 8.43. The number of hydrogen-bond acceptors (Lipinski definition) is 6. The lowest BCUT2D eigenvalue weighted by Gasteiger charge is -2.15. The van der Waals surface area contributed by atoms with E-state index in [9.17, 15) is 14.4 Å². The summed E-state index contributed by atoms with van der Waals surface area (Å²) in [5.41, 5.74) is 1.13. The number of methoxy groups -OCH3 is 1. The van der Waals surface area contributed by atoms with Crippen LogP contribution in [0.25, 0.3) is 0 Å². The van der Waals surface area contributed by atoms with Gasteiger partial charge in [0.25, 0.3) is 5.91 Å². The first-order chi connectivity index (χ1) is 10.3. The van der Waals surface area contributed by atoms with Crippen LogP contribution in [-0.4, -0.2) is 36.4 Å². The number of benzene rings is 1. The average molecular weight is 325 g/mol. The van der Waals surface area contributed by atoms with Crippen molar-refractivity contribution in [3.63, 3.8) is 0 Å². The molecule has 0 saturated carbocycles. The molecule has 0 aliphatic heterocycles. The Morgan fingerprint density at radius 3 is 2.27 bits per heavy atom. The van der Waals surface area contributed by atoms with Gasteiger partial charge in [0, 0.05) is 4.90 Å². The molecule has 2 atom stereocenters. The van der Waals surface area contributed by atoms with E-state index in [2.05, 4.69) is 4.74 Å². The lowest BCUT2D eigenvalue weighted by atomic mass is 10.2. The van der Waals surface area contributed by atoms with Crippen LogP contribution in [0.4, 0.5) is 4.79 Å². The Balaban J connectivity index is 2.51. The van der Waals surface area contributed by atoms with E-state index in [4.69, 9.17) is 4.74 Å². The van der Waals surface area contributed by atoms with Crippen molar-refractivity contribution in [2.75, 3.05) is 7.11 Å². The van der Waals surface area contributed by atoms with Gasteiger partial charge in [-0.25, -0.2) is 4.79 Å². The van der Waals surface area contributed by atoms with Gasteiger partial charge in [-0.2, -0.15) is 0 Å². The number of esters is 1. The number of amides is 2. The number of imide groups is 1. The molecule has 1 N–H and O–H groups in total. The lowest BCUT2D eigenvalue weighted by Crippen LogP contribution is -2.40. The quantitative estimate of drug-likeness (QED) is 0.661. The zero-order chi connectivity index (χ0) is 16.7. The van der Waals surface area contributed by atoms with E-state index in [1.807, 2.05) is 36.5 Å². The van der Waals surface area contributed by atoms with E-state index in [0.717, 1.165) is 17.6 Å². The number of carbonyl (C=O) groups excluding carboxylic acids is 3. The number of hydrogen-bond donors (Lipinski definition) is 1. The van der Waals surface area contributed by atoms with Gasteiger partial charge in [-0.3, -0.25) is 14.9 Å². The topological polar surface area (TPSA) is 81.7 Å². The molecule has 0 saturated heterocycles. The van der Waals surface area contributed by atoms with Crippen molar-refractivity contribution in [3.8, 4) is 0 Å².